The van der Waals surface area contributed by atoms with Crippen molar-refractivity contribution in [3.63, 3.8) is 0 Å². The third-order valence-electron chi connectivity index (χ3n) is 5.69. The summed E-state index contributed by atoms with van der Waals surface area (Å²) in [6, 6.07) is 17.1. The smallest absolute Gasteiger partial charge is 0.235 e. The number of hydrogen-bond donors (Lipinski definition) is 1. The molecule has 0 saturated heterocycles. The van der Waals surface area contributed by atoms with E-state index in [0.717, 1.165) is 53.5 Å². The van der Waals surface area contributed by atoms with Gasteiger partial charge in [-0.1, -0.05) is 66.4 Å². The zero-order valence-electron chi connectivity index (χ0n) is 15.6. The van der Waals surface area contributed by atoms with E-state index >= 15 is 0 Å². The van der Waals surface area contributed by atoms with Gasteiger partial charge in [-0.25, -0.2) is 0 Å². The Morgan fingerprint density at radius 3 is 2.39 bits per heavy atom. The summed E-state index contributed by atoms with van der Waals surface area (Å²) in [5.74, 6) is 0.759. The lowest BCUT2D eigenvalue weighted by atomic mass is 9.77. The third-order valence-corrected chi connectivity index (χ3v) is 6.24. The Morgan fingerprint density at radius 1 is 1.00 bits per heavy atom. The molecular formula is C23H21Cl2NO2. The second-order valence-electron chi connectivity index (χ2n) is 7.23. The van der Waals surface area contributed by atoms with Gasteiger partial charge in [0.15, 0.2) is 0 Å². The number of halogens is 2. The van der Waals surface area contributed by atoms with Gasteiger partial charge in [0, 0.05) is 26.5 Å². The molecule has 28 heavy (non-hydrogen) atoms. The number of nitrogens with one attached hydrogen (secondary N) is 1. The Balaban J connectivity index is 1.75. The maximum atomic E-state index is 13.5. The fourth-order valence-corrected chi connectivity index (χ4v) is 4.86. The van der Waals surface area contributed by atoms with Crippen LogP contribution in [0.2, 0.25) is 10.0 Å². The van der Waals surface area contributed by atoms with Gasteiger partial charge in [0.1, 0.15) is 5.75 Å². The summed E-state index contributed by atoms with van der Waals surface area (Å²) in [5.41, 5.74) is 0.993. The van der Waals surface area contributed by atoms with Gasteiger partial charge in [0.05, 0.1) is 12.5 Å². The molecular weight excluding hydrogens is 393 g/mol. The average Bonchev–Trinajstić information content (AvgIpc) is 3.19. The van der Waals surface area contributed by atoms with Crippen LogP contribution in [-0.4, -0.2) is 13.0 Å². The summed E-state index contributed by atoms with van der Waals surface area (Å²) >= 11 is 12.6. The van der Waals surface area contributed by atoms with Crippen LogP contribution in [0.4, 0.5) is 5.69 Å². The minimum absolute atomic E-state index is 0.0236. The lowest BCUT2D eigenvalue weighted by molar-refractivity contribution is -0.121. The molecule has 5 heteroatoms. The van der Waals surface area contributed by atoms with Crippen LogP contribution in [0.1, 0.15) is 31.2 Å². The third kappa shape index (κ3) is 3.23. The predicted octanol–water partition coefficient (Wildman–Crippen LogP) is 6.61. The standard InChI is InChI=1S/C23H21Cl2NO2/c1-28-21-11-10-20(16-6-2-3-7-17(16)21)26-22(27)23(12-4-5-13-23)18-9-8-15(24)14-19(18)25/h2-3,6-11,14H,4-5,12-13H2,1H3,(H,26,27). The first-order valence-corrected chi connectivity index (χ1v) is 10.1. The maximum Gasteiger partial charge on any atom is 0.235 e. The summed E-state index contributed by atoms with van der Waals surface area (Å²) in [6.45, 7) is 0. The first-order valence-electron chi connectivity index (χ1n) is 9.38. The maximum absolute atomic E-state index is 13.5. The molecule has 0 aromatic heterocycles. The van der Waals surface area contributed by atoms with Crippen LogP contribution in [0.5, 0.6) is 5.75 Å². The van der Waals surface area contributed by atoms with Gasteiger partial charge in [0.25, 0.3) is 0 Å². The van der Waals surface area contributed by atoms with E-state index in [2.05, 4.69) is 5.32 Å². The van der Waals surface area contributed by atoms with Gasteiger partial charge in [-0.3, -0.25) is 4.79 Å². The molecule has 3 aromatic rings. The number of fused-ring (bicyclic) bond motifs is 1. The van der Waals surface area contributed by atoms with Gasteiger partial charge < -0.3 is 10.1 Å². The molecule has 1 fully saturated rings. The molecule has 0 heterocycles. The molecule has 0 radical (unpaired) electrons. The van der Waals surface area contributed by atoms with E-state index in [1.165, 1.54) is 0 Å². The van der Waals surface area contributed by atoms with Gasteiger partial charge in [-0.15, -0.1) is 0 Å². The molecule has 1 aliphatic rings. The van der Waals surface area contributed by atoms with Crippen molar-refractivity contribution in [1.82, 2.24) is 0 Å². The number of methoxy groups -OCH3 is 1. The molecule has 1 amide bonds. The molecule has 3 nitrogen and oxygen atoms in total. The molecule has 0 aliphatic heterocycles. The highest BCUT2D eigenvalue weighted by molar-refractivity contribution is 6.35. The molecule has 4 rings (SSSR count). The lowest BCUT2D eigenvalue weighted by Crippen LogP contribution is -2.38. The van der Waals surface area contributed by atoms with Gasteiger partial charge >= 0.3 is 0 Å². The van der Waals surface area contributed by atoms with E-state index in [4.69, 9.17) is 27.9 Å². The second kappa shape index (κ2) is 7.65. The fourth-order valence-electron chi connectivity index (χ4n) is 4.28. The monoisotopic (exact) mass is 413 g/mol. The van der Waals surface area contributed by atoms with Crippen molar-refractivity contribution >= 4 is 45.6 Å². The SMILES string of the molecule is COc1ccc(NC(=O)C2(c3ccc(Cl)cc3Cl)CCCC2)c2ccccc12. The largest absolute Gasteiger partial charge is 0.496 e. The highest BCUT2D eigenvalue weighted by atomic mass is 35.5. The molecule has 1 aliphatic carbocycles. The fraction of sp³-hybridized carbons (Fsp3) is 0.261. The van der Waals surface area contributed by atoms with E-state index in [9.17, 15) is 4.79 Å². The van der Waals surface area contributed by atoms with Crippen molar-refractivity contribution in [3.8, 4) is 5.75 Å². The Bertz CT molecular complexity index is 1040. The van der Waals surface area contributed by atoms with Gasteiger partial charge in [-0.05, 0) is 42.7 Å². The minimum atomic E-state index is -0.636. The van der Waals surface area contributed by atoms with Crippen LogP contribution < -0.4 is 10.1 Å². The molecule has 1 saturated carbocycles. The summed E-state index contributed by atoms with van der Waals surface area (Å²) in [5, 5.41) is 6.21. The number of hydrogen-bond acceptors (Lipinski definition) is 2. The van der Waals surface area contributed by atoms with Crippen molar-refractivity contribution < 1.29 is 9.53 Å². The number of benzene rings is 3. The Hall–Kier alpha value is -2.23. The van der Waals surface area contributed by atoms with Crippen molar-refractivity contribution in [2.45, 2.75) is 31.1 Å². The van der Waals surface area contributed by atoms with E-state index in [1.54, 1.807) is 19.2 Å². The van der Waals surface area contributed by atoms with E-state index < -0.39 is 5.41 Å². The number of amides is 1. The summed E-state index contributed by atoms with van der Waals surface area (Å²) in [6.07, 6.45) is 3.54. The number of rotatable bonds is 4. The van der Waals surface area contributed by atoms with Crippen LogP contribution in [0, 0.1) is 0 Å². The first kappa shape index (κ1) is 19.1. The zero-order chi connectivity index (χ0) is 19.7. The zero-order valence-corrected chi connectivity index (χ0v) is 17.1. The molecule has 0 unspecified atom stereocenters. The number of anilines is 1. The van der Waals surface area contributed by atoms with Crippen LogP contribution in [-0.2, 0) is 10.2 Å². The Kier molecular flexibility index (Phi) is 5.22. The van der Waals surface area contributed by atoms with Gasteiger partial charge in [-0.2, -0.15) is 0 Å². The van der Waals surface area contributed by atoms with Crippen LogP contribution in [0.25, 0.3) is 10.8 Å². The van der Waals surface area contributed by atoms with Crippen LogP contribution in [0.3, 0.4) is 0 Å². The Labute approximate surface area is 174 Å². The van der Waals surface area contributed by atoms with Crippen LogP contribution >= 0.6 is 23.2 Å². The van der Waals surface area contributed by atoms with Crippen molar-refractivity contribution in [2.75, 3.05) is 12.4 Å². The quantitative estimate of drug-likeness (QED) is 0.522. The summed E-state index contributed by atoms with van der Waals surface area (Å²) in [4.78, 5) is 13.5. The highest BCUT2D eigenvalue weighted by Crippen LogP contribution is 2.45. The topological polar surface area (TPSA) is 38.3 Å². The summed E-state index contributed by atoms with van der Waals surface area (Å²) < 4.78 is 5.46. The minimum Gasteiger partial charge on any atom is -0.496 e. The van der Waals surface area contributed by atoms with E-state index in [-0.39, 0.29) is 5.91 Å². The van der Waals surface area contributed by atoms with Crippen molar-refractivity contribution in [2.24, 2.45) is 0 Å². The highest BCUT2D eigenvalue weighted by Gasteiger charge is 2.44. The van der Waals surface area contributed by atoms with Crippen molar-refractivity contribution in [1.29, 1.82) is 0 Å². The van der Waals surface area contributed by atoms with Gasteiger partial charge in [0.2, 0.25) is 5.91 Å². The van der Waals surface area contributed by atoms with Crippen LogP contribution in [0.15, 0.2) is 54.6 Å². The molecule has 0 atom stereocenters. The predicted molar refractivity (Wildman–Crippen MR) is 116 cm³/mol. The average molecular weight is 414 g/mol. The molecule has 1 N–H and O–H groups in total. The second-order valence-corrected chi connectivity index (χ2v) is 8.07. The number of carbonyl (C=O) groups is 1. The normalized spacial score (nSPS) is 15.5. The lowest BCUT2D eigenvalue weighted by Gasteiger charge is -2.29. The molecule has 144 valence electrons. The number of carbonyl (C=O) groups excluding carboxylic acids is 1. The molecule has 3 aromatic carbocycles. The number of ether oxygens (including phenoxy) is 1. The summed E-state index contributed by atoms with van der Waals surface area (Å²) in [7, 11) is 1.65. The Morgan fingerprint density at radius 2 is 1.71 bits per heavy atom. The van der Waals surface area contributed by atoms with Crippen molar-refractivity contribution in [3.05, 3.63) is 70.2 Å². The van der Waals surface area contributed by atoms with E-state index in [1.807, 2.05) is 42.5 Å². The first-order chi connectivity index (χ1) is 13.5. The molecule has 0 spiro atoms. The molecule has 0 bridgehead atoms. The van der Waals surface area contributed by atoms with E-state index in [0.29, 0.717) is 10.0 Å².